The second-order valence-electron chi connectivity index (χ2n) is 5.71. The van der Waals surface area contributed by atoms with Crippen molar-refractivity contribution in [2.45, 2.75) is 45.6 Å². The SMILES string of the molecule is CCCN(CCC)C(C)(CN)Cc1ccc(OC)cc1. The summed E-state index contributed by atoms with van der Waals surface area (Å²) in [5, 5.41) is 0. The monoisotopic (exact) mass is 278 g/mol. The van der Waals surface area contributed by atoms with Crippen molar-refractivity contribution in [3.05, 3.63) is 29.8 Å². The molecule has 114 valence electrons. The molecule has 0 aliphatic rings. The van der Waals surface area contributed by atoms with Crippen molar-refractivity contribution in [1.29, 1.82) is 0 Å². The summed E-state index contributed by atoms with van der Waals surface area (Å²) in [6, 6.07) is 8.33. The van der Waals surface area contributed by atoms with Crippen molar-refractivity contribution in [2.24, 2.45) is 5.73 Å². The highest BCUT2D eigenvalue weighted by Crippen LogP contribution is 2.22. The van der Waals surface area contributed by atoms with Crippen LogP contribution in [0.5, 0.6) is 5.75 Å². The number of rotatable bonds is 9. The van der Waals surface area contributed by atoms with E-state index in [9.17, 15) is 0 Å². The molecule has 1 unspecified atom stereocenters. The molecule has 0 aliphatic heterocycles. The Bertz CT molecular complexity index is 371. The van der Waals surface area contributed by atoms with Crippen molar-refractivity contribution in [3.63, 3.8) is 0 Å². The molecule has 1 aromatic carbocycles. The zero-order valence-electron chi connectivity index (χ0n) is 13.5. The number of hydrogen-bond acceptors (Lipinski definition) is 3. The molecule has 0 saturated carbocycles. The summed E-state index contributed by atoms with van der Waals surface area (Å²) in [4.78, 5) is 2.54. The average Bonchev–Trinajstić information content (AvgIpc) is 2.47. The predicted octanol–water partition coefficient (Wildman–Crippen LogP) is 3.08. The van der Waals surface area contributed by atoms with Crippen molar-refractivity contribution in [2.75, 3.05) is 26.7 Å². The van der Waals surface area contributed by atoms with Gasteiger partial charge in [0.25, 0.3) is 0 Å². The molecule has 0 spiro atoms. The molecule has 0 aliphatic carbocycles. The van der Waals surface area contributed by atoms with Gasteiger partial charge in [-0.3, -0.25) is 4.90 Å². The second-order valence-corrected chi connectivity index (χ2v) is 5.71. The van der Waals surface area contributed by atoms with Crippen LogP contribution < -0.4 is 10.5 Å². The zero-order valence-corrected chi connectivity index (χ0v) is 13.5. The molecular formula is C17H30N2O. The Labute approximate surface area is 124 Å². The zero-order chi connectivity index (χ0) is 15.0. The minimum atomic E-state index is 0.0284. The highest BCUT2D eigenvalue weighted by atomic mass is 16.5. The van der Waals surface area contributed by atoms with E-state index >= 15 is 0 Å². The molecule has 0 aromatic heterocycles. The van der Waals surface area contributed by atoms with Gasteiger partial charge in [0.05, 0.1) is 7.11 Å². The normalized spacial score (nSPS) is 14.3. The van der Waals surface area contributed by atoms with Crippen molar-refractivity contribution < 1.29 is 4.74 Å². The Balaban J connectivity index is 2.84. The number of nitrogens with zero attached hydrogens (tertiary/aromatic N) is 1. The maximum absolute atomic E-state index is 6.11. The number of ether oxygens (including phenoxy) is 1. The van der Waals surface area contributed by atoms with E-state index in [4.69, 9.17) is 10.5 Å². The van der Waals surface area contributed by atoms with Gasteiger partial charge >= 0.3 is 0 Å². The average molecular weight is 278 g/mol. The highest BCUT2D eigenvalue weighted by molar-refractivity contribution is 5.28. The maximum atomic E-state index is 6.11. The molecule has 1 rings (SSSR count). The van der Waals surface area contributed by atoms with E-state index in [1.807, 2.05) is 12.1 Å². The van der Waals surface area contributed by atoms with Gasteiger partial charge in [-0.05, 0) is 57.0 Å². The van der Waals surface area contributed by atoms with E-state index in [-0.39, 0.29) is 5.54 Å². The second kappa shape index (κ2) is 8.28. The van der Waals surface area contributed by atoms with Gasteiger partial charge in [0.2, 0.25) is 0 Å². The van der Waals surface area contributed by atoms with Gasteiger partial charge in [-0.2, -0.15) is 0 Å². The smallest absolute Gasteiger partial charge is 0.118 e. The fourth-order valence-electron chi connectivity index (χ4n) is 2.69. The minimum Gasteiger partial charge on any atom is -0.497 e. The van der Waals surface area contributed by atoms with Gasteiger partial charge in [-0.1, -0.05) is 26.0 Å². The molecule has 0 radical (unpaired) electrons. The first-order valence-corrected chi connectivity index (χ1v) is 7.67. The molecular weight excluding hydrogens is 248 g/mol. The van der Waals surface area contributed by atoms with Crippen LogP contribution in [0.4, 0.5) is 0 Å². The quantitative estimate of drug-likeness (QED) is 0.754. The van der Waals surface area contributed by atoms with Gasteiger partial charge in [-0.15, -0.1) is 0 Å². The molecule has 1 aromatic rings. The Kier molecular flexibility index (Phi) is 7.03. The van der Waals surface area contributed by atoms with Crippen LogP contribution in [0, 0.1) is 0 Å². The highest BCUT2D eigenvalue weighted by Gasteiger charge is 2.29. The third-order valence-corrected chi connectivity index (χ3v) is 3.93. The summed E-state index contributed by atoms with van der Waals surface area (Å²) in [6.45, 7) is 9.64. The third kappa shape index (κ3) is 4.50. The maximum Gasteiger partial charge on any atom is 0.118 e. The fourth-order valence-corrected chi connectivity index (χ4v) is 2.69. The van der Waals surface area contributed by atoms with Crippen molar-refractivity contribution in [3.8, 4) is 5.75 Å². The van der Waals surface area contributed by atoms with E-state index in [0.29, 0.717) is 6.54 Å². The van der Waals surface area contributed by atoms with Gasteiger partial charge in [-0.25, -0.2) is 0 Å². The number of nitrogens with two attached hydrogens (primary N) is 1. The van der Waals surface area contributed by atoms with Crippen LogP contribution >= 0.6 is 0 Å². The summed E-state index contributed by atoms with van der Waals surface area (Å²) in [5.74, 6) is 0.905. The molecule has 0 saturated heterocycles. The molecule has 0 bridgehead atoms. The molecule has 3 nitrogen and oxygen atoms in total. The number of benzene rings is 1. The number of methoxy groups -OCH3 is 1. The Hall–Kier alpha value is -1.06. The van der Waals surface area contributed by atoms with Gasteiger partial charge < -0.3 is 10.5 Å². The summed E-state index contributed by atoms with van der Waals surface area (Å²) < 4.78 is 5.22. The fraction of sp³-hybridized carbons (Fsp3) is 0.647. The van der Waals surface area contributed by atoms with Crippen LogP contribution in [0.2, 0.25) is 0 Å². The molecule has 1 atom stereocenters. The van der Waals surface area contributed by atoms with Gasteiger partial charge in [0, 0.05) is 12.1 Å². The molecule has 2 N–H and O–H groups in total. The lowest BCUT2D eigenvalue weighted by atomic mass is 9.90. The lowest BCUT2D eigenvalue weighted by molar-refractivity contribution is 0.110. The van der Waals surface area contributed by atoms with Crippen LogP contribution in [-0.2, 0) is 6.42 Å². The van der Waals surface area contributed by atoms with Crippen LogP contribution in [-0.4, -0.2) is 37.2 Å². The van der Waals surface area contributed by atoms with Crippen LogP contribution in [0.3, 0.4) is 0 Å². The van der Waals surface area contributed by atoms with Crippen LogP contribution in [0.1, 0.15) is 39.2 Å². The molecule has 0 heterocycles. The Morgan fingerprint density at radius 1 is 1.10 bits per heavy atom. The minimum absolute atomic E-state index is 0.0284. The first-order valence-electron chi connectivity index (χ1n) is 7.67. The summed E-state index contributed by atoms with van der Waals surface area (Å²) in [5.41, 5.74) is 7.45. The summed E-state index contributed by atoms with van der Waals surface area (Å²) in [7, 11) is 1.70. The van der Waals surface area contributed by atoms with E-state index < -0.39 is 0 Å². The predicted molar refractivity (Wildman–Crippen MR) is 86.3 cm³/mol. The molecule has 20 heavy (non-hydrogen) atoms. The van der Waals surface area contributed by atoms with Crippen LogP contribution in [0.15, 0.2) is 24.3 Å². The van der Waals surface area contributed by atoms with E-state index in [0.717, 1.165) is 38.1 Å². The molecule has 0 amide bonds. The Morgan fingerprint density at radius 2 is 1.65 bits per heavy atom. The van der Waals surface area contributed by atoms with Gasteiger partial charge in [0.1, 0.15) is 5.75 Å². The van der Waals surface area contributed by atoms with Gasteiger partial charge in [0.15, 0.2) is 0 Å². The lowest BCUT2D eigenvalue weighted by Crippen LogP contribution is -2.53. The summed E-state index contributed by atoms with van der Waals surface area (Å²) >= 11 is 0. The van der Waals surface area contributed by atoms with Crippen molar-refractivity contribution >= 4 is 0 Å². The number of hydrogen-bond donors (Lipinski definition) is 1. The first-order chi connectivity index (χ1) is 9.59. The Morgan fingerprint density at radius 3 is 2.05 bits per heavy atom. The molecule has 0 fully saturated rings. The summed E-state index contributed by atoms with van der Waals surface area (Å²) in [6.07, 6.45) is 3.31. The van der Waals surface area contributed by atoms with E-state index in [1.165, 1.54) is 5.56 Å². The standard InChI is InChI=1S/C17H30N2O/c1-5-11-19(12-6-2)17(3,14-18)13-15-7-9-16(20-4)10-8-15/h7-10H,5-6,11-14,18H2,1-4H3. The van der Waals surface area contributed by atoms with Crippen molar-refractivity contribution in [1.82, 2.24) is 4.90 Å². The first kappa shape index (κ1) is 17.0. The molecule has 3 heteroatoms. The largest absolute Gasteiger partial charge is 0.497 e. The van der Waals surface area contributed by atoms with E-state index in [1.54, 1.807) is 7.11 Å². The van der Waals surface area contributed by atoms with Crippen LogP contribution in [0.25, 0.3) is 0 Å². The topological polar surface area (TPSA) is 38.5 Å². The third-order valence-electron chi connectivity index (χ3n) is 3.93. The van der Waals surface area contributed by atoms with E-state index in [2.05, 4.69) is 37.8 Å². The lowest BCUT2D eigenvalue weighted by Gasteiger charge is -2.41.